The van der Waals surface area contributed by atoms with Crippen molar-refractivity contribution in [2.45, 2.75) is 44.7 Å². The predicted molar refractivity (Wildman–Crippen MR) is 128 cm³/mol. The van der Waals surface area contributed by atoms with E-state index in [1.54, 1.807) is 38.1 Å². The minimum absolute atomic E-state index is 0.0678. The van der Waals surface area contributed by atoms with E-state index in [1.807, 2.05) is 18.7 Å². The topological polar surface area (TPSA) is 87.7 Å². The highest BCUT2D eigenvalue weighted by atomic mass is 32.2. The number of ether oxygens (including phenoxy) is 1. The molecule has 2 aromatic carbocycles. The summed E-state index contributed by atoms with van der Waals surface area (Å²) < 4.78 is 46.6. The van der Waals surface area contributed by atoms with E-state index < -0.39 is 27.9 Å². The number of hydrogen-bond acceptors (Lipinski definition) is 5. The van der Waals surface area contributed by atoms with Gasteiger partial charge in [0, 0.05) is 17.9 Å². The minimum Gasteiger partial charge on any atom is -0.459 e. The Balaban J connectivity index is 1.98. The van der Waals surface area contributed by atoms with Crippen molar-refractivity contribution in [2.24, 2.45) is 0 Å². The van der Waals surface area contributed by atoms with Crippen LogP contribution < -0.4 is 10.0 Å². The number of carbonyl (C=O) groups is 1. The van der Waals surface area contributed by atoms with Gasteiger partial charge in [-0.3, -0.25) is 4.72 Å². The fourth-order valence-corrected chi connectivity index (χ4v) is 5.00. The van der Waals surface area contributed by atoms with E-state index in [0.717, 1.165) is 12.1 Å². The Morgan fingerprint density at radius 1 is 1.24 bits per heavy atom. The van der Waals surface area contributed by atoms with Gasteiger partial charge >= 0.3 is 5.97 Å². The third kappa shape index (κ3) is 5.51. The van der Waals surface area contributed by atoms with Gasteiger partial charge in [-0.05, 0) is 81.9 Å². The van der Waals surface area contributed by atoms with Crippen LogP contribution in [-0.2, 0) is 19.6 Å². The molecule has 0 fully saturated rings. The largest absolute Gasteiger partial charge is 0.459 e. The average molecular weight is 492 g/mol. The van der Waals surface area contributed by atoms with Gasteiger partial charge in [-0.15, -0.1) is 0 Å². The van der Waals surface area contributed by atoms with E-state index in [9.17, 15) is 17.6 Å². The van der Waals surface area contributed by atoms with E-state index in [2.05, 4.69) is 10.0 Å². The Morgan fingerprint density at radius 2 is 1.91 bits per heavy atom. The summed E-state index contributed by atoms with van der Waals surface area (Å²) in [6, 6.07) is 10.6. The molecule has 1 atom stereocenters. The normalized spacial score (nSPS) is 16.6. The number of carbonyl (C=O) groups excluding carboxylic acids is 1. The maximum atomic E-state index is 13.2. The molecular formula is C23H26FN3O4S2. The maximum Gasteiger partial charge on any atom is 0.338 e. The SMILES string of the molecule is CCN1C(=S)N[C@@H](c2cccc(NS(=O)(=O)c3ccc(F)cc3)c2)C(C(=O)OC(C)C)=C1C. The van der Waals surface area contributed by atoms with Gasteiger partial charge in [0.05, 0.1) is 22.6 Å². The lowest BCUT2D eigenvalue weighted by Crippen LogP contribution is -2.47. The summed E-state index contributed by atoms with van der Waals surface area (Å²) in [6.45, 7) is 7.84. The van der Waals surface area contributed by atoms with Gasteiger partial charge < -0.3 is 15.0 Å². The van der Waals surface area contributed by atoms with Crippen molar-refractivity contribution < 1.29 is 22.3 Å². The number of halogens is 1. The maximum absolute atomic E-state index is 13.2. The summed E-state index contributed by atoms with van der Waals surface area (Å²) in [5.74, 6) is -1.00. The first-order valence-electron chi connectivity index (χ1n) is 10.4. The summed E-state index contributed by atoms with van der Waals surface area (Å²) in [7, 11) is -3.93. The number of nitrogens with zero attached hydrogens (tertiary/aromatic N) is 1. The van der Waals surface area contributed by atoms with Gasteiger partial charge in [0.25, 0.3) is 10.0 Å². The monoisotopic (exact) mass is 491 g/mol. The van der Waals surface area contributed by atoms with Crippen LogP contribution in [0.25, 0.3) is 0 Å². The van der Waals surface area contributed by atoms with Crippen LogP contribution in [0.5, 0.6) is 0 Å². The third-order valence-corrected chi connectivity index (χ3v) is 6.81. The zero-order chi connectivity index (χ0) is 24.3. The van der Waals surface area contributed by atoms with Gasteiger partial charge in [-0.2, -0.15) is 0 Å². The number of benzene rings is 2. The number of hydrogen-bond donors (Lipinski definition) is 2. The van der Waals surface area contributed by atoms with Crippen LogP contribution in [0, 0.1) is 5.82 Å². The number of nitrogens with one attached hydrogen (secondary N) is 2. The molecule has 2 N–H and O–H groups in total. The van der Waals surface area contributed by atoms with Crippen molar-refractivity contribution in [3.63, 3.8) is 0 Å². The molecule has 1 aliphatic rings. The van der Waals surface area contributed by atoms with Gasteiger partial charge in [-0.1, -0.05) is 12.1 Å². The van der Waals surface area contributed by atoms with E-state index in [0.29, 0.717) is 28.5 Å². The van der Waals surface area contributed by atoms with Crippen molar-refractivity contribution in [1.82, 2.24) is 10.2 Å². The lowest BCUT2D eigenvalue weighted by molar-refractivity contribution is -0.143. The first-order chi connectivity index (χ1) is 15.5. The van der Waals surface area contributed by atoms with Crippen LogP contribution in [0.15, 0.2) is 64.7 Å². The van der Waals surface area contributed by atoms with Crippen LogP contribution >= 0.6 is 12.2 Å². The Hall–Kier alpha value is -2.98. The molecule has 0 spiro atoms. The first-order valence-corrected chi connectivity index (χ1v) is 12.3. The van der Waals surface area contributed by atoms with Crippen LogP contribution in [0.2, 0.25) is 0 Å². The van der Waals surface area contributed by atoms with E-state index in [1.165, 1.54) is 12.1 Å². The molecule has 2 aromatic rings. The molecule has 1 aliphatic heterocycles. The second-order valence-corrected chi connectivity index (χ2v) is 9.83. The van der Waals surface area contributed by atoms with E-state index in [-0.39, 0.29) is 16.7 Å². The van der Waals surface area contributed by atoms with Gasteiger partial charge in [0.15, 0.2) is 5.11 Å². The number of allylic oxidation sites excluding steroid dienone is 1. The third-order valence-electron chi connectivity index (χ3n) is 5.07. The quantitative estimate of drug-likeness (QED) is 0.445. The molecule has 0 aliphatic carbocycles. The highest BCUT2D eigenvalue weighted by Gasteiger charge is 2.34. The summed E-state index contributed by atoms with van der Waals surface area (Å²) in [5.41, 5.74) is 1.99. The van der Waals surface area contributed by atoms with Crippen molar-refractivity contribution in [3.8, 4) is 0 Å². The van der Waals surface area contributed by atoms with Gasteiger partial charge in [0.1, 0.15) is 5.82 Å². The fourth-order valence-electron chi connectivity index (χ4n) is 3.56. The van der Waals surface area contributed by atoms with Crippen molar-refractivity contribution in [1.29, 1.82) is 0 Å². The molecule has 0 bridgehead atoms. The van der Waals surface area contributed by atoms with Crippen molar-refractivity contribution in [3.05, 3.63) is 71.2 Å². The van der Waals surface area contributed by atoms with Crippen molar-refractivity contribution >= 4 is 39.0 Å². The van der Waals surface area contributed by atoms with E-state index >= 15 is 0 Å². The zero-order valence-electron chi connectivity index (χ0n) is 18.8. The van der Waals surface area contributed by atoms with Crippen molar-refractivity contribution in [2.75, 3.05) is 11.3 Å². The number of anilines is 1. The highest BCUT2D eigenvalue weighted by Crippen LogP contribution is 2.33. The molecule has 0 amide bonds. The highest BCUT2D eigenvalue weighted by molar-refractivity contribution is 7.92. The zero-order valence-corrected chi connectivity index (χ0v) is 20.4. The van der Waals surface area contributed by atoms with Crippen LogP contribution in [0.3, 0.4) is 0 Å². The number of rotatable bonds is 7. The minimum atomic E-state index is -3.93. The number of sulfonamides is 1. The van der Waals surface area contributed by atoms with Crippen LogP contribution in [0.4, 0.5) is 10.1 Å². The van der Waals surface area contributed by atoms with Gasteiger partial charge in [-0.25, -0.2) is 17.6 Å². The molecule has 1 heterocycles. The molecular weight excluding hydrogens is 465 g/mol. The molecule has 7 nitrogen and oxygen atoms in total. The van der Waals surface area contributed by atoms with Gasteiger partial charge in [0.2, 0.25) is 0 Å². The van der Waals surface area contributed by atoms with Crippen LogP contribution in [-0.4, -0.2) is 37.0 Å². The Bertz CT molecular complexity index is 1190. The Labute approximate surface area is 198 Å². The second kappa shape index (κ2) is 9.88. The average Bonchev–Trinajstić information content (AvgIpc) is 2.73. The smallest absolute Gasteiger partial charge is 0.338 e. The molecule has 0 saturated carbocycles. The lowest BCUT2D eigenvalue weighted by Gasteiger charge is -2.37. The summed E-state index contributed by atoms with van der Waals surface area (Å²) in [6.07, 6.45) is -0.309. The predicted octanol–water partition coefficient (Wildman–Crippen LogP) is 4.10. The summed E-state index contributed by atoms with van der Waals surface area (Å²) in [4.78, 5) is 14.7. The molecule has 0 radical (unpaired) electrons. The summed E-state index contributed by atoms with van der Waals surface area (Å²) >= 11 is 5.49. The second-order valence-electron chi connectivity index (χ2n) is 7.76. The molecule has 0 aromatic heterocycles. The molecule has 0 unspecified atom stereocenters. The lowest BCUT2D eigenvalue weighted by atomic mass is 9.94. The number of esters is 1. The molecule has 33 heavy (non-hydrogen) atoms. The fraction of sp³-hybridized carbons (Fsp3) is 0.304. The summed E-state index contributed by atoms with van der Waals surface area (Å²) in [5, 5.41) is 3.63. The molecule has 176 valence electrons. The molecule has 3 rings (SSSR count). The molecule has 10 heteroatoms. The van der Waals surface area contributed by atoms with Crippen LogP contribution in [0.1, 0.15) is 39.3 Å². The Morgan fingerprint density at radius 3 is 2.52 bits per heavy atom. The van der Waals surface area contributed by atoms with E-state index in [4.69, 9.17) is 17.0 Å². The molecule has 0 saturated heterocycles. The number of thiocarbonyl (C=S) groups is 1. The first kappa shape index (κ1) is 24.7. The Kier molecular flexibility index (Phi) is 7.38. The standard InChI is InChI=1S/C23H26FN3O4S2/c1-5-27-15(4)20(22(28)31-14(2)3)21(25-23(27)32)16-7-6-8-18(13-16)26-33(29,30)19-11-9-17(24)10-12-19/h6-14,21,26H,5H2,1-4H3,(H,25,32)/t21-/m0/s1.